The molecule has 124 valence electrons. The fraction of sp³-hybridized carbons (Fsp3) is 0.562. The van der Waals surface area contributed by atoms with Crippen molar-refractivity contribution < 1.29 is 22.7 Å². The van der Waals surface area contributed by atoms with Crippen LogP contribution in [0.2, 0.25) is 19.1 Å². The highest BCUT2D eigenvalue weighted by molar-refractivity contribution is 6.89. The summed E-state index contributed by atoms with van der Waals surface area (Å²) in [7, 11) is -2.02. The maximum absolute atomic E-state index is 12.5. The third kappa shape index (κ3) is 5.16. The van der Waals surface area contributed by atoms with Crippen LogP contribution >= 0.6 is 0 Å². The van der Waals surface area contributed by atoms with Crippen LogP contribution in [0.4, 0.5) is 13.2 Å². The number of halogens is 3. The van der Waals surface area contributed by atoms with Gasteiger partial charge in [0.05, 0.1) is 8.07 Å². The molecule has 0 amide bonds. The van der Waals surface area contributed by atoms with Gasteiger partial charge < -0.3 is 4.74 Å². The molecule has 1 aromatic rings. The van der Waals surface area contributed by atoms with E-state index in [1.165, 1.54) is 0 Å². The number of ether oxygens (including phenoxy) is 1. The number of hydrogen-bond acceptors (Lipinski definition) is 2. The van der Waals surface area contributed by atoms with Crippen molar-refractivity contribution in [2.75, 3.05) is 0 Å². The van der Waals surface area contributed by atoms with Gasteiger partial charge in [0.2, 0.25) is 0 Å². The quantitative estimate of drug-likeness (QED) is 0.612. The molecule has 0 aliphatic carbocycles. The van der Waals surface area contributed by atoms with Crippen LogP contribution in [0.3, 0.4) is 0 Å². The van der Waals surface area contributed by atoms with Crippen LogP contribution in [0, 0.1) is 5.41 Å². The van der Waals surface area contributed by atoms with Gasteiger partial charge in [-0.3, -0.25) is 0 Å². The Balaban J connectivity index is 2.98. The second-order valence-electron chi connectivity index (χ2n) is 7.21. The first-order valence-electron chi connectivity index (χ1n) is 7.17. The lowest BCUT2D eigenvalue weighted by Gasteiger charge is -2.36. The number of carbonyl (C=O) groups is 1. The molecule has 0 aliphatic rings. The van der Waals surface area contributed by atoms with Gasteiger partial charge in [0.25, 0.3) is 0 Å². The van der Waals surface area contributed by atoms with Crippen LogP contribution < -0.4 is 5.19 Å². The maximum Gasteiger partial charge on any atom is 0.490 e. The van der Waals surface area contributed by atoms with E-state index in [0.717, 1.165) is 5.19 Å². The molecule has 0 N–H and O–H groups in total. The van der Waals surface area contributed by atoms with Gasteiger partial charge in [-0.25, -0.2) is 4.79 Å². The molecule has 1 rings (SSSR count). The molecular weight excluding hydrogens is 309 g/mol. The van der Waals surface area contributed by atoms with Crippen LogP contribution in [0.1, 0.15) is 20.8 Å². The van der Waals surface area contributed by atoms with Crippen LogP contribution in [-0.2, 0) is 9.53 Å². The minimum atomic E-state index is -4.96. The van der Waals surface area contributed by atoms with Gasteiger partial charge in [-0.1, -0.05) is 69.4 Å². The first kappa shape index (κ1) is 18.7. The predicted molar refractivity (Wildman–Crippen MR) is 83.8 cm³/mol. The van der Waals surface area contributed by atoms with E-state index in [2.05, 4.69) is 13.1 Å². The summed E-state index contributed by atoms with van der Waals surface area (Å²) in [6.45, 7) is 9.51. The summed E-state index contributed by atoms with van der Waals surface area (Å²) >= 11 is 0. The van der Waals surface area contributed by atoms with Gasteiger partial charge >= 0.3 is 12.1 Å². The van der Waals surface area contributed by atoms with Crippen molar-refractivity contribution in [1.29, 1.82) is 0 Å². The van der Waals surface area contributed by atoms with Gasteiger partial charge in [-0.05, 0) is 11.5 Å². The first-order chi connectivity index (χ1) is 9.84. The van der Waals surface area contributed by atoms with E-state index in [-0.39, 0.29) is 0 Å². The third-order valence-corrected chi connectivity index (χ3v) is 6.99. The van der Waals surface area contributed by atoms with Crippen LogP contribution in [0.5, 0.6) is 0 Å². The molecule has 1 atom stereocenters. The Kier molecular flexibility index (Phi) is 5.49. The van der Waals surface area contributed by atoms with Crippen molar-refractivity contribution >= 4 is 19.2 Å². The van der Waals surface area contributed by atoms with Crippen molar-refractivity contribution in [3.8, 4) is 0 Å². The Bertz CT molecular complexity index is 504. The van der Waals surface area contributed by atoms with Crippen LogP contribution in [0.25, 0.3) is 0 Å². The summed E-state index contributed by atoms with van der Waals surface area (Å²) in [6, 6.07) is 10.1. The van der Waals surface area contributed by atoms with Gasteiger partial charge in [-0.15, -0.1) is 0 Å². The Labute approximate surface area is 130 Å². The Morgan fingerprint density at radius 3 is 2.05 bits per heavy atom. The van der Waals surface area contributed by atoms with Crippen molar-refractivity contribution in [3.05, 3.63) is 30.3 Å². The molecule has 0 spiro atoms. The standard InChI is InChI=1S/C16H23F3O2Si/c1-15(2,3)13(21-14(20)16(17,18)19)11-22(4,5)12-9-7-6-8-10-12/h6-10,13H,11H2,1-5H3/t13-/m1/s1. The fourth-order valence-electron chi connectivity index (χ4n) is 2.19. The number of alkyl halides is 3. The normalized spacial score (nSPS) is 14.5. The molecule has 0 saturated carbocycles. The number of rotatable bonds is 4. The molecule has 0 bridgehead atoms. The smallest absolute Gasteiger partial charge is 0.455 e. The summed E-state index contributed by atoms with van der Waals surface area (Å²) in [5.74, 6) is -2.11. The highest BCUT2D eigenvalue weighted by Crippen LogP contribution is 2.31. The minimum absolute atomic E-state index is 0.447. The van der Waals surface area contributed by atoms with Gasteiger partial charge in [0.15, 0.2) is 0 Å². The van der Waals surface area contributed by atoms with E-state index in [9.17, 15) is 18.0 Å². The van der Waals surface area contributed by atoms with E-state index >= 15 is 0 Å². The molecule has 1 aromatic carbocycles. The molecule has 0 saturated heterocycles. The summed E-state index contributed by atoms with van der Waals surface area (Å²) in [5, 5.41) is 1.13. The molecule has 0 heterocycles. The molecule has 0 unspecified atom stereocenters. The average Bonchev–Trinajstić information content (AvgIpc) is 2.36. The average molecular weight is 332 g/mol. The monoisotopic (exact) mass is 332 g/mol. The summed E-state index contributed by atoms with van der Waals surface area (Å²) in [4.78, 5) is 11.2. The molecule has 6 heteroatoms. The fourth-order valence-corrected chi connectivity index (χ4v) is 5.14. The van der Waals surface area contributed by atoms with Gasteiger partial charge in [-0.2, -0.15) is 13.2 Å². The molecule has 0 aliphatic heterocycles. The lowest BCUT2D eigenvalue weighted by Crippen LogP contribution is -2.48. The maximum atomic E-state index is 12.5. The lowest BCUT2D eigenvalue weighted by atomic mass is 9.90. The Morgan fingerprint density at radius 2 is 1.64 bits per heavy atom. The summed E-state index contributed by atoms with van der Waals surface area (Å²) in [6.07, 6.45) is -5.73. The van der Waals surface area contributed by atoms with Gasteiger partial charge in [0.1, 0.15) is 6.10 Å². The van der Waals surface area contributed by atoms with Crippen molar-refractivity contribution in [2.45, 2.75) is 52.2 Å². The first-order valence-corrected chi connectivity index (χ1v) is 10.4. The largest absolute Gasteiger partial charge is 0.490 e. The Hall–Kier alpha value is -1.30. The zero-order valence-electron chi connectivity index (χ0n) is 13.6. The highest BCUT2D eigenvalue weighted by atomic mass is 28.3. The Morgan fingerprint density at radius 1 is 1.14 bits per heavy atom. The van der Waals surface area contributed by atoms with Crippen LogP contribution in [0.15, 0.2) is 30.3 Å². The zero-order chi connectivity index (χ0) is 17.2. The molecule has 0 fully saturated rings. The summed E-state index contributed by atoms with van der Waals surface area (Å²) < 4.78 is 42.3. The number of carbonyl (C=O) groups excluding carboxylic acids is 1. The van der Waals surface area contributed by atoms with E-state index in [0.29, 0.717) is 6.04 Å². The van der Waals surface area contributed by atoms with E-state index in [1.807, 2.05) is 30.3 Å². The number of esters is 1. The van der Waals surface area contributed by atoms with E-state index in [1.54, 1.807) is 20.8 Å². The van der Waals surface area contributed by atoms with Crippen molar-refractivity contribution in [3.63, 3.8) is 0 Å². The second kappa shape index (κ2) is 6.44. The summed E-state index contributed by atoms with van der Waals surface area (Å²) in [5.41, 5.74) is -0.556. The highest BCUT2D eigenvalue weighted by Gasteiger charge is 2.45. The number of benzene rings is 1. The van der Waals surface area contributed by atoms with E-state index < -0.39 is 31.7 Å². The third-order valence-electron chi connectivity index (χ3n) is 3.70. The minimum Gasteiger partial charge on any atom is -0.455 e. The number of hydrogen-bond donors (Lipinski definition) is 0. The van der Waals surface area contributed by atoms with Crippen LogP contribution in [-0.4, -0.2) is 26.3 Å². The molecule has 2 nitrogen and oxygen atoms in total. The molecule has 0 radical (unpaired) electrons. The topological polar surface area (TPSA) is 26.3 Å². The molecule has 22 heavy (non-hydrogen) atoms. The molecule has 0 aromatic heterocycles. The molecular formula is C16H23F3O2Si. The van der Waals surface area contributed by atoms with Crippen molar-refractivity contribution in [2.24, 2.45) is 5.41 Å². The lowest BCUT2D eigenvalue weighted by molar-refractivity contribution is -0.208. The predicted octanol–water partition coefficient (Wildman–Crippen LogP) is 4.12. The zero-order valence-corrected chi connectivity index (χ0v) is 14.6. The SMILES string of the molecule is CC(C)(C)[C@@H](C[Si](C)(C)c1ccccc1)OC(=O)C(F)(F)F. The van der Waals surface area contributed by atoms with Gasteiger partial charge in [0, 0.05) is 0 Å². The van der Waals surface area contributed by atoms with Crippen molar-refractivity contribution in [1.82, 2.24) is 0 Å². The van der Waals surface area contributed by atoms with E-state index in [4.69, 9.17) is 4.74 Å². The second-order valence-corrected chi connectivity index (χ2v) is 12.0.